The molecule has 0 fully saturated rings. The van der Waals surface area contributed by atoms with Gasteiger partial charge in [-0.1, -0.05) is 35.9 Å². The molecule has 28 heavy (non-hydrogen) atoms. The molecule has 8 heteroatoms. The highest BCUT2D eigenvalue weighted by Crippen LogP contribution is 2.30. The zero-order valence-electron chi connectivity index (χ0n) is 15.1. The number of amides is 2. The highest BCUT2D eigenvalue weighted by molar-refractivity contribution is 7.18. The monoisotopic (exact) mass is 410 g/mol. The Morgan fingerprint density at radius 2 is 2.07 bits per heavy atom. The van der Waals surface area contributed by atoms with E-state index < -0.39 is 0 Å². The fraction of sp³-hybridized carbons (Fsp3) is 0.150. The number of hydrogen-bond acceptors (Lipinski definition) is 5. The van der Waals surface area contributed by atoms with Gasteiger partial charge in [0, 0.05) is 11.4 Å². The lowest BCUT2D eigenvalue weighted by Gasteiger charge is -2.05. The van der Waals surface area contributed by atoms with Gasteiger partial charge < -0.3 is 10.6 Å². The number of nitrogens with one attached hydrogen (secondary N) is 3. The Kier molecular flexibility index (Phi) is 5.23. The number of H-pyrrole nitrogens is 1. The number of carbonyl (C=O) groups is 2. The first-order valence-electron chi connectivity index (χ1n) is 8.72. The lowest BCUT2D eigenvalue weighted by molar-refractivity contribution is -0.120. The minimum Gasteiger partial charge on any atom is -0.352 e. The van der Waals surface area contributed by atoms with E-state index in [0.29, 0.717) is 17.2 Å². The minimum atomic E-state index is -0.177. The van der Waals surface area contributed by atoms with Crippen LogP contribution in [0.15, 0.2) is 47.8 Å². The van der Waals surface area contributed by atoms with Gasteiger partial charge in [0.25, 0.3) is 5.91 Å². The standard InChI is InChI=1S/C20H18N4O2S2/c1-12-4-2-5-13(8-12)11-21-17(25)10-14-9-15-18(23-24-20(15)28-14)22-19(26)16-6-3-7-27-16/h2-9H,10-11H2,1H3,(H,21,25)(H2,22,23,24,26). The summed E-state index contributed by atoms with van der Waals surface area (Å²) in [5.41, 5.74) is 2.25. The van der Waals surface area contributed by atoms with Crippen molar-refractivity contribution in [3.05, 3.63) is 68.7 Å². The van der Waals surface area contributed by atoms with Gasteiger partial charge >= 0.3 is 0 Å². The molecule has 0 spiro atoms. The molecule has 0 radical (unpaired) electrons. The molecule has 0 aliphatic carbocycles. The van der Waals surface area contributed by atoms with E-state index in [2.05, 4.69) is 26.9 Å². The van der Waals surface area contributed by atoms with Crippen LogP contribution < -0.4 is 10.6 Å². The third-order valence-electron chi connectivity index (χ3n) is 4.19. The summed E-state index contributed by atoms with van der Waals surface area (Å²) in [5.74, 6) is 0.332. The van der Waals surface area contributed by atoms with Crippen molar-refractivity contribution >= 4 is 50.5 Å². The molecule has 3 N–H and O–H groups in total. The molecular formula is C20H18N4O2S2. The van der Waals surface area contributed by atoms with Gasteiger partial charge in [-0.05, 0) is 30.0 Å². The largest absolute Gasteiger partial charge is 0.352 e. The zero-order valence-corrected chi connectivity index (χ0v) is 16.7. The van der Waals surface area contributed by atoms with E-state index >= 15 is 0 Å². The maximum atomic E-state index is 12.3. The van der Waals surface area contributed by atoms with Gasteiger partial charge in [-0.15, -0.1) is 22.7 Å². The Morgan fingerprint density at radius 1 is 1.18 bits per heavy atom. The number of thiophene rings is 2. The number of anilines is 1. The number of carbonyl (C=O) groups excluding carboxylic acids is 2. The van der Waals surface area contributed by atoms with Gasteiger partial charge in [0.2, 0.25) is 5.91 Å². The number of fused-ring (bicyclic) bond motifs is 1. The van der Waals surface area contributed by atoms with E-state index in [1.165, 1.54) is 28.2 Å². The number of benzene rings is 1. The normalized spacial score (nSPS) is 10.9. The van der Waals surface area contributed by atoms with Crippen molar-refractivity contribution < 1.29 is 9.59 Å². The summed E-state index contributed by atoms with van der Waals surface area (Å²) < 4.78 is 0. The van der Waals surface area contributed by atoms with Gasteiger partial charge in [-0.25, -0.2) is 0 Å². The maximum Gasteiger partial charge on any atom is 0.266 e. The van der Waals surface area contributed by atoms with Crippen molar-refractivity contribution in [3.8, 4) is 0 Å². The molecule has 0 saturated heterocycles. The second-order valence-corrected chi connectivity index (χ2v) is 8.47. The van der Waals surface area contributed by atoms with Crippen molar-refractivity contribution in [2.75, 3.05) is 5.32 Å². The number of nitrogens with zero attached hydrogens (tertiary/aromatic N) is 1. The van der Waals surface area contributed by atoms with Crippen molar-refractivity contribution in [3.63, 3.8) is 0 Å². The fourth-order valence-corrected chi connectivity index (χ4v) is 4.48. The number of aromatic nitrogens is 2. The molecule has 0 atom stereocenters. The second-order valence-electron chi connectivity index (χ2n) is 6.40. The number of aromatic amines is 1. The number of aryl methyl sites for hydroxylation is 1. The molecule has 0 bridgehead atoms. The highest BCUT2D eigenvalue weighted by Gasteiger charge is 2.15. The first-order chi connectivity index (χ1) is 13.6. The van der Waals surface area contributed by atoms with Crippen LogP contribution >= 0.6 is 22.7 Å². The molecule has 0 aliphatic heterocycles. The van der Waals surface area contributed by atoms with E-state index in [0.717, 1.165) is 20.7 Å². The SMILES string of the molecule is Cc1cccc(CNC(=O)Cc2cc3c(NC(=O)c4cccs4)[nH]nc3s2)c1. The first kappa shape index (κ1) is 18.4. The highest BCUT2D eigenvalue weighted by atomic mass is 32.1. The Morgan fingerprint density at radius 3 is 2.86 bits per heavy atom. The van der Waals surface area contributed by atoms with Crippen LogP contribution in [0.2, 0.25) is 0 Å². The summed E-state index contributed by atoms with van der Waals surface area (Å²) in [7, 11) is 0. The van der Waals surface area contributed by atoms with Crippen molar-refractivity contribution in [1.29, 1.82) is 0 Å². The van der Waals surface area contributed by atoms with Gasteiger partial charge in [-0.2, -0.15) is 5.10 Å². The van der Waals surface area contributed by atoms with E-state index in [1.807, 2.05) is 42.6 Å². The molecule has 142 valence electrons. The summed E-state index contributed by atoms with van der Waals surface area (Å²) in [5, 5.41) is 15.6. The van der Waals surface area contributed by atoms with Crippen molar-refractivity contribution in [1.82, 2.24) is 15.5 Å². The van der Waals surface area contributed by atoms with Gasteiger partial charge in [0.1, 0.15) is 10.6 Å². The van der Waals surface area contributed by atoms with Crippen LogP contribution in [-0.2, 0) is 17.8 Å². The summed E-state index contributed by atoms with van der Waals surface area (Å²) >= 11 is 2.82. The Labute approximate surface area is 169 Å². The van der Waals surface area contributed by atoms with Gasteiger partial charge in [0.15, 0.2) is 0 Å². The van der Waals surface area contributed by atoms with E-state index in [4.69, 9.17) is 0 Å². The van der Waals surface area contributed by atoms with Crippen LogP contribution in [0.5, 0.6) is 0 Å². The predicted molar refractivity (Wildman–Crippen MR) is 113 cm³/mol. The third-order valence-corrected chi connectivity index (χ3v) is 6.09. The molecule has 0 unspecified atom stereocenters. The third kappa shape index (κ3) is 4.13. The minimum absolute atomic E-state index is 0.0430. The molecule has 1 aromatic carbocycles. The van der Waals surface area contributed by atoms with Crippen LogP contribution in [0.25, 0.3) is 10.2 Å². The smallest absolute Gasteiger partial charge is 0.266 e. The molecule has 0 saturated carbocycles. The second kappa shape index (κ2) is 7.95. The maximum absolute atomic E-state index is 12.3. The molecule has 2 amide bonds. The Balaban J connectivity index is 1.40. The molecule has 0 aliphatic rings. The summed E-state index contributed by atoms with van der Waals surface area (Å²) in [4.78, 5) is 26.8. The zero-order chi connectivity index (χ0) is 19.5. The first-order valence-corrected chi connectivity index (χ1v) is 10.4. The fourth-order valence-electron chi connectivity index (χ4n) is 2.87. The number of rotatable bonds is 6. The van der Waals surface area contributed by atoms with Crippen LogP contribution in [0.3, 0.4) is 0 Å². The van der Waals surface area contributed by atoms with Crippen LogP contribution in [-0.4, -0.2) is 22.0 Å². The Bertz CT molecular complexity index is 1130. The average Bonchev–Trinajstić information content (AvgIpc) is 3.39. The van der Waals surface area contributed by atoms with Crippen LogP contribution in [0.4, 0.5) is 5.82 Å². The lowest BCUT2D eigenvalue weighted by atomic mass is 10.1. The van der Waals surface area contributed by atoms with Crippen LogP contribution in [0.1, 0.15) is 25.7 Å². The lowest BCUT2D eigenvalue weighted by Crippen LogP contribution is -2.24. The molecular weight excluding hydrogens is 392 g/mol. The molecule has 4 rings (SSSR count). The van der Waals surface area contributed by atoms with Crippen molar-refractivity contribution in [2.45, 2.75) is 19.9 Å². The molecule has 6 nitrogen and oxygen atoms in total. The van der Waals surface area contributed by atoms with Crippen molar-refractivity contribution in [2.24, 2.45) is 0 Å². The molecule has 3 heterocycles. The molecule has 3 aromatic heterocycles. The molecule has 4 aromatic rings. The van der Waals surface area contributed by atoms with E-state index in [9.17, 15) is 9.59 Å². The summed E-state index contributed by atoms with van der Waals surface area (Å²) in [6.07, 6.45) is 0.283. The topological polar surface area (TPSA) is 86.9 Å². The number of hydrogen-bond donors (Lipinski definition) is 3. The summed E-state index contributed by atoms with van der Waals surface area (Å²) in [6, 6.07) is 13.6. The summed E-state index contributed by atoms with van der Waals surface area (Å²) in [6.45, 7) is 2.53. The van der Waals surface area contributed by atoms with Crippen LogP contribution in [0, 0.1) is 6.92 Å². The van der Waals surface area contributed by atoms with Gasteiger partial charge in [-0.3, -0.25) is 14.7 Å². The van der Waals surface area contributed by atoms with E-state index in [1.54, 1.807) is 6.07 Å². The van der Waals surface area contributed by atoms with Gasteiger partial charge in [0.05, 0.1) is 16.7 Å². The Hall–Kier alpha value is -2.97. The average molecular weight is 411 g/mol. The predicted octanol–water partition coefficient (Wildman–Crippen LogP) is 4.11. The quantitative estimate of drug-likeness (QED) is 0.447. The van der Waals surface area contributed by atoms with E-state index in [-0.39, 0.29) is 18.2 Å².